The summed E-state index contributed by atoms with van der Waals surface area (Å²) in [5.74, 6) is -2.59. The molecule has 0 aliphatic rings. The average molecular weight is 366 g/mol. The number of aliphatic hydroxyl groups is 6. The number of carbonyl (C=O) groups is 1. The Morgan fingerprint density at radius 3 is 1.84 bits per heavy atom. The van der Waals surface area contributed by atoms with Crippen LogP contribution in [0.4, 0.5) is 0 Å². The average Bonchev–Trinajstić information content (AvgIpc) is 2.62. The van der Waals surface area contributed by atoms with Crippen molar-refractivity contribution >= 4 is 5.97 Å². The van der Waals surface area contributed by atoms with Gasteiger partial charge in [-0.05, 0) is 6.42 Å². The molecule has 8 nitrogen and oxygen atoms in total. The van der Waals surface area contributed by atoms with Crippen LogP contribution in [-0.2, 0) is 9.53 Å². The van der Waals surface area contributed by atoms with E-state index >= 15 is 0 Å². The normalized spacial score (nSPS) is 17.6. The zero-order valence-corrected chi connectivity index (χ0v) is 15.0. The van der Waals surface area contributed by atoms with E-state index in [0.717, 1.165) is 19.3 Å². The summed E-state index contributed by atoms with van der Waals surface area (Å²) < 4.78 is 5.01. The number of rotatable bonds is 15. The minimum absolute atomic E-state index is 0.104. The van der Waals surface area contributed by atoms with Crippen LogP contribution in [0, 0.1) is 5.92 Å². The predicted octanol–water partition coefficient (Wildman–Crippen LogP) is -0.675. The standard InChI is InChI=1S/C17H34O8/c1-2-3-4-5-6-7-8-9-25-17(24)14(12(20)10-18)16(23)15(22)13(21)11-19/h12-16,18-23H,2-11H2,1H3/t12-,13-,14?,15?,16+/m0/s1. The van der Waals surface area contributed by atoms with Crippen LogP contribution in [-0.4, -0.2) is 80.8 Å². The van der Waals surface area contributed by atoms with Gasteiger partial charge in [0.1, 0.15) is 18.1 Å². The van der Waals surface area contributed by atoms with Gasteiger partial charge >= 0.3 is 5.97 Å². The molecule has 0 spiro atoms. The van der Waals surface area contributed by atoms with Gasteiger partial charge in [-0.3, -0.25) is 4.79 Å². The van der Waals surface area contributed by atoms with Gasteiger partial charge in [-0.1, -0.05) is 45.4 Å². The minimum Gasteiger partial charge on any atom is -0.465 e. The lowest BCUT2D eigenvalue weighted by atomic mass is 9.90. The van der Waals surface area contributed by atoms with E-state index in [2.05, 4.69) is 6.92 Å². The Labute approximate surface area is 149 Å². The SMILES string of the molecule is CCCCCCCCCOC(=O)C([C@@H](O)C(O)[C@@H](O)CO)[C@@H](O)CO. The monoisotopic (exact) mass is 366 g/mol. The highest BCUT2D eigenvalue weighted by molar-refractivity contribution is 5.74. The second-order valence-corrected chi connectivity index (χ2v) is 6.30. The number of aliphatic hydroxyl groups excluding tert-OH is 6. The zero-order chi connectivity index (χ0) is 19.2. The Morgan fingerprint density at radius 2 is 1.32 bits per heavy atom. The molecule has 2 unspecified atom stereocenters. The smallest absolute Gasteiger partial charge is 0.314 e. The summed E-state index contributed by atoms with van der Waals surface area (Å²) in [6.07, 6.45) is 0.155. The second-order valence-electron chi connectivity index (χ2n) is 6.30. The van der Waals surface area contributed by atoms with Crippen LogP contribution in [0.5, 0.6) is 0 Å². The predicted molar refractivity (Wildman–Crippen MR) is 90.6 cm³/mol. The first-order valence-electron chi connectivity index (χ1n) is 9.01. The van der Waals surface area contributed by atoms with Crippen LogP contribution in [0.25, 0.3) is 0 Å². The van der Waals surface area contributed by atoms with Gasteiger partial charge in [-0.2, -0.15) is 0 Å². The molecule has 0 saturated carbocycles. The van der Waals surface area contributed by atoms with Crippen molar-refractivity contribution in [3.8, 4) is 0 Å². The Balaban J connectivity index is 4.37. The molecule has 0 aromatic heterocycles. The zero-order valence-electron chi connectivity index (χ0n) is 15.0. The van der Waals surface area contributed by atoms with E-state index in [1.807, 2.05) is 0 Å². The van der Waals surface area contributed by atoms with E-state index in [1.165, 1.54) is 19.3 Å². The van der Waals surface area contributed by atoms with Crippen molar-refractivity contribution in [1.82, 2.24) is 0 Å². The third-order valence-electron chi connectivity index (χ3n) is 4.17. The lowest BCUT2D eigenvalue weighted by molar-refractivity contribution is -0.170. The van der Waals surface area contributed by atoms with Crippen molar-refractivity contribution < 1.29 is 40.2 Å². The first-order valence-corrected chi connectivity index (χ1v) is 9.01. The number of carbonyl (C=O) groups excluding carboxylic acids is 1. The van der Waals surface area contributed by atoms with Gasteiger partial charge < -0.3 is 35.4 Å². The van der Waals surface area contributed by atoms with Gasteiger partial charge in [0, 0.05) is 0 Å². The van der Waals surface area contributed by atoms with Crippen molar-refractivity contribution in [1.29, 1.82) is 0 Å². The first kappa shape index (κ1) is 24.2. The molecule has 0 amide bonds. The lowest BCUT2D eigenvalue weighted by Crippen LogP contribution is -2.51. The molecule has 6 N–H and O–H groups in total. The summed E-state index contributed by atoms with van der Waals surface area (Å²) in [5.41, 5.74) is 0. The molecule has 0 aliphatic heterocycles. The summed E-state index contributed by atoms with van der Waals surface area (Å²) in [5, 5.41) is 56.6. The van der Waals surface area contributed by atoms with Gasteiger partial charge in [0.2, 0.25) is 0 Å². The maximum absolute atomic E-state index is 12.1. The van der Waals surface area contributed by atoms with Crippen LogP contribution in [0.2, 0.25) is 0 Å². The molecule has 0 saturated heterocycles. The Hall–Kier alpha value is -0.770. The van der Waals surface area contributed by atoms with Gasteiger partial charge in [0.15, 0.2) is 0 Å². The summed E-state index contributed by atoms with van der Waals surface area (Å²) in [7, 11) is 0. The molecule has 0 aromatic rings. The molecule has 25 heavy (non-hydrogen) atoms. The van der Waals surface area contributed by atoms with E-state index < -0.39 is 49.5 Å². The highest BCUT2D eigenvalue weighted by Gasteiger charge is 2.40. The summed E-state index contributed by atoms with van der Waals surface area (Å²) >= 11 is 0. The molecule has 0 heterocycles. The molecule has 0 aromatic carbocycles. The molecule has 0 bridgehead atoms. The first-order chi connectivity index (χ1) is 11.9. The number of hydrogen-bond donors (Lipinski definition) is 6. The van der Waals surface area contributed by atoms with Crippen LogP contribution in [0.3, 0.4) is 0 Å². The molecule has 0 rings (SSSR count). The van der Waals surface area contributed by atoms with Gasteiger partial charge in [0.05, 0.1) is 32.0 Å². The van der Waals surface area contributed by atoms with E-state index in [1.54, 1.807) is 0 Å². The highest BCUT2D eigenvalue weighted by atomic mass is 16.5. The third kappa shape index (κ3) is 9.48. The van der Waals surface area contributed by atoms with Crippen LogP contribution in [0.15, 0.2) is 0 Å². The number of hydrogen-bond acceptors (Lipinski definition) is 8. The molecule has 8 heteroatoms. The summed E-state index contributed by atoms with van der Waals surface area (Å²) in [6, 6.07) is 0. The molecule has 0 radical (unpaired) electrons. The third-order valence-corrected chi connectivity index (χ3v) is 4.17. The van der Waals surface area contributed by atoms with Gasteiger partial charge in [-0.15, -0.1) is 0 Å². The number of esters is 1. The maximum atomic E-state index is 12.1. The number of unbranched alkanes of at least 4 members (excludes halogenated alkanes) is 6. The molecule has 150 valence electrons. The van der Waals surface area contributed by atoms with Crippen molar-refractivity contribution in [3.63, 3.8) is 0 Å². The van der Waals surface area contributed by atoms with E-state index in [9.17, 15) is 25.2 Å². The number of ether oxygens (including phenoxy) is 1. The quantitative estimate of drug-likeness (QED) is 0.165. The minimum atomic E-state index is -1.88. The van der Waals surface area contributed by atoms with Crippen LogP contribution < -0.4 is 0 Å². The maximum Gasteiger partial charge on any atom is 0.314 e. The van der Waals surface area contributed by atoms with Crippen molar-refractivity contribution in [2.24, 2.45) is 5.92 Å². The fourth-order valence-electron chi connectivity index (χ4n) is 2.51. The highest BCUT2D eigenvalue weighted by Crippen LogP contribution is 2.18. The van der Waals surface area contributed by atoms with Crippen molar-refractivity contribution in [3.05, 3.63) is 0 Å². The lowest BCUT2D eigenvalue weighted by Gasteiger charge is -2.29. The van der Waals surface area contributed by atoms with Crippen LogP contribution in [0.1, 0.15) is 51.9 Å². The molecular weight excluding hydrogens is 332 g/mol. The summed E-state index contributed by atoms with van der Waals surface area (Å²) in [4.78, 5) is 12.1. The Morgan fingerprint density at radius 1 is 0.800 bits per heavy atom. The summed E-state index contributed by atoms with van der Waals surface area (Å²) in [6.45, 7) is 0.595. The van der Waals surface area contributed by atoms with Gasteiger partial charge in [-0.25, -0.2) is 0 Å². The van der Waals surface area contributed by atoms with E-state index in [0.29, 0.717) is 6.42 Å². The van der Waals surface area contributed by atoms with Crippen molar-refractivity contribution in [2.75, 3.05) is 19.8 Å². The molecule has 5 atom stereocenters. The molecular formula is C17H34O8. The van der Waals surface area contributed by atoms with E-state index in [-0.39, 0.29) is 6.61 Å². The molecule has 0 aliphatic carbocycles. The van der Waals surface area contributed by atoms with E-state index in [4.69, 9.17) is 14.9 Å². The largest absolute Gasteiger partial charge is 0.465 e. The fraction of sp³-hybridized carbons (Fsp3) is 0.941. The van der Waals surface area contributed by atoms with Crippen LogP contribution >= 0.6 is 0 Å². The fourth-order valence-corrected chi connectivity index (χ4v) is 2.51. The Bertz CT molecular complexity index is 339. The Kier molecular flexibility index (Phi) is 14.0. The topological polar surface area (TPSA) is 148 Å². The van der Waals surface area contributed by atoms with Crippen molar-refractivity contribution in [2.45, 2.75) is 76.3 Å². The van der Waals surface area contributed by atoms with Gasteiger partial charge in [0.25, 0.3) is 0 Å². The molecule has 0 fully saturated rings. The second kappa shape index (κ2) is 14.4.